The van der Waals surface area contributed by atoms with Crippen LogP contribution >= 0.6 is 23.2 Å². The van der Waals surface area contributed by atoms with Gasteiger partial charge in [-0.15, -0.1) is 0 Å². The van der Waals surface area contributed by atoms with E-state index in [0.717, 1.165) is 19.0 Å². The van der Waals surface area contributed by atoms with Gasteiger partial charge in [-0.05, 0) is 50.0 Å². The van der Waals surface area contributed by atoms with Crippen LogP contribution in [0.3, 0.4) is 0 Å². The van der Waals surface area contributed by atoms with E-state index >= 15 is 0 Å². The van der Waals surface area contributed by atoms with Gasteiger partial charge in [-0.1, -0.05) is 30.1 Å². The van der Waals surface area contributed by atoms with E-state index in [2.05, 4.69) is 17.1 Å². The summed E-state index contributed by atoms with van der Waals surface area (Å²) in [5.41, 5.74) is 0.366. The Morgan fingerprint density at radius 3 is 2.73 bits per heavy atom. The van der Waals surface area contributed by atoms with Crippen LogP contribution in [0.25, 0.3) is 0 Å². The van der Waals surface area contributed by atoms with Crippen molar-refractivity contribution in [1.29, 1.82) is 0 Å². The average Bonchev–Trinajstić information content (AvgIpc) is 2.47. The Labute approximate surface area is 141 Å². The molecule has 1 aromatic rings. The zero-order valence-corrected chi connectivity index (χ0v) is 14.2. The first kappa shape index (κ1) is 17.5. The van der Waals surface area contributed by atoms with E-state index in [9.17, 15) is 9.90 Å². The van der Waals surface area contributed by atoms with Crippen LogP contribution in [0.4, 0.5) is 0 Å². The minimum absolute atomic E-state index is 0.212. The van der Waals surface area contributed by atoms with Crippen molar-refractivity contribution in [1.82, 2.24) is 10.2 Å². The zero-order chi connectivity index (χ0) is 16.1. The highest BCUT2D eigenvalue weighted by molar-refractivity contribution is 6.36. The van der Waals surface area contributed by atoms with Gasteiger partial charge in [-0.2, -0.15) is 0 Å². The fraction of sp³-hybridized carbons (Fsp3) is 0.562. The summed E-state index contributed by atoms with van der Waals surface area (Å²) >= 11 is 11.8. The van der Waals surface area contributed by atoms with Gasteiger partial charge < -0.3 is 15.3 Å². The molecule has 0 saturated carbocycles. The quantitative estimate of drug-likeness (QED) is 0.863. The van der Waals surface area contributed by atoms with Gasteiger partial charge in [0.05, 0.1) is 16.7 Å². The summed E-state index contributed by atoms with van der Waals surface area (Å²) in [6, 6.07) is 4.73. The molecule has 1 heterocycles. The fourth-order valence-electron chi connectivity index (χ4n) is 2.59. The summed E-state index contributed by atoms with van der Waals surface area (Å²) in [4.78, 5) is 14.3. The number of carbonyl (C=O) groups excluding carboxylic acids is 1. The maximum absolute atomic E-state index is 12.1. The van der Waals surface area contributed by atoms with Crippen molar-refractivity contribution in [3.05, 3.63) is 33.8 Å². The fourth-order valence-corrected chi connectivity index (χ4v) is 3.08. The van der Waals surface area contributed by atoms with Crippen molar-refractivity contribution in [2.75, 3.05) is 26.2 Å². The Kier molecular flexibility index (Phi) is 6.50. The van der Waals surface area contributed by atoms with Crippen LogP contribution in [-0.4, -0.2) is 48.2 Å². The number of aliphatic hydroxyl groups is 1. The second-order valence-electron chi connectivity index (χ2n) is 5.97. The smallest absolute Gasteiger partial charge is 0.252 e. The van der Waals surface area contributed by atoms with E-state index in [1.165, 1.54) is 18.9 Å². The minimum atomic E-state index is -0.580. The number of amides is 1. The number of piperidine rings is 1. The van der Waals surface area contributed by atoms with Gasteiger partial charge in [-0.3, -0.25) is 4.79 Å². The SMILES string of the molecule is CC1CCN(CC(O)CNC(=O)c2ccc(Cl)cc2Cl)CC1. The van der Waals surface area contributed by atoms with Crippen molar-refractivity contribution in [2.45, 2.75) is 25.9 Å². The third kappa shape index (κ3) is 5.13. The van der Waals surface area contributed by atoms with Crippen LogP contribution in [0, 0.1) is 5.92 Å². The lowest BCUT2D eigenvalue weighted by Crippen LogP contribution is -2.43. The predicted molar refractivity (Wildman–Crippen MR) is 89.6 cm³/mol. The van der Waals surface area contributed by atoms with Crippen LogP contribution in [0.2, 0.25) is 10.0 Å². The summed E-state index contributed by atoms with van der Waals surface area (Å²) in [6.07, 6.45) is 1.75. The maximum Gasteiger partial charge on any atom is 0.252 e. The van der Waals surface area contributed by atoms with Crippen molar-refractivity contribution < 1.29 is 9.90 Å². The number of likely N-dealkylation sites (tertiary alicyclic amines) is 1. The highest BCUT2D eigenvalue weighted by Crippen LogP contribution is 2.20. The Hall–Kier alpha value is -0.810. The average molecular weight is 345 g/mol. The lowest BCUT2D eigenvalue weighted by atomic mass is 9.99. The van der Waals surface area contributed by atoms with E-state index < -0.39 is 6.10 Å². The number of hydrogen-bond acceptors (Lipinski definition) is 3. The molecule has 1 aromatic carbocycles. The summed E-state index contributed by atoms with van der Waals surface area (Å²) in [6.45, 7) is 5.07. The number of benzene rings is 1. The van der Waals surface area contributed by atoms with E-state index in [1.807, 2.05) is 0 Å². The van der Waals surface area contributed by atoms with Crippen molar-refractivity contribution in [3.8, 4) is 0 Å². The third-order valence-electron chi connectivity index (χ3n) is 4.02. The molecular formula is C16H22Cl2N2O2. The number of nitrogens with one attached hydrogen (secondary N) is 1. The molecule has 122 valence electrons. The predicted octanol–water partition coefficient (Wildman–Crippen LogP) is 2.82. The van der Waals surface area contributed by atoms with Crippen molar-refractivity contribution >= 4 is 29.1 Å². The molecule has 1 saturated heterocycles. The molecule has 6 heteroatoms. The maximum atomic E-state index is 12.1. The Morgan fingerprint density at radius 1 is 1.41 bits per heavy atom. The number of β-amino-alcohol motifs (C(OH)–C–C–N with tert-alkyl or cyclic N) is 1. The van der Waals surface area contributed by atoms with E-state index in [1.54, 1.807) is 12.1 Å². The lowest BCUT2D eigenvalue weighted by molar-refractivity contribution is 0.0795. The number of hydrogen-bond donors (Lipinski definition) is 2. The van der Waals surface area contributed by atoms with Gasteiger partial charge in [-0.25, -0.2) is 0 Å². The number of nitrogens with zero attached hydrogens (tertiary/aromatic N) is 1. The number of halogens is 2. The first-order valence-corrected chi connectivity index (χ1v) is 8.35. The van der Waals surface area contributed by atoms with Crippen LogP contribution in [0.5, 0.6) is 0 Å². The second kappa shape index (κ2) is 8.16. The summed E-state index contributed by atoms with van der Waals surface area (Å²) in [5.74, 6) is 0.466. The molecule has 1 unspecified atom stereocenters. The number of carbonyl (C=O) groups is 1. The molecule has 2 N–H and O–H groups in total. The van der Waals surface area contributed by atoms with Gasteiger partial charge in [0.2, 0.25) is 0 Å². The lowest BCUT2D eigenvalue weighted by Gasteiger charge is -2.31. The zero-order valence-electron chi connectivity index (χ0n) is 12.7. The van der Waals surface area contributed by atoms with Crippen LogP contribution < -0.4 is 5.32 Å². The first-order chi connectivity index (χ1) is 10.5. The molecule has 1 atom stereocenters. The molecule has 0 aromatic heterocycles. The molecule has 1 aliphatic rings. The van der Waals surface area contributed by atoms with Crippen LogP contribution in [0.1, 0.15) is 30.1 Å². The summed E-state index contributed by atoms with van der Waals surface area (Å²) in [5, 5.41) is 13.6. The topological polar surface area (TPSA) is 52.6 Å². The van der Waals surface area contributed by atoms with Crippen LogP contribution in [0.15, 0.2) is 18.2 Å². The number of aliphatic hydroxyl groups excluding tert-OH is 1. The molecule has 0 radical (unpaired) electrons. The van der Waals surface area contributed by atoms with E-state index in [-0.39, 0.29) is 12.5 Å². The van der Waals surface area contributed by atoms with Gasteiger partial charge in [0.25, 0.3) is 5.91 Å². The van der Waals surface area contributed by atoms with Crippen LogP contribution in [-0.2, 0) is 0 Å². The molecule has 0 aliphatic carbocycles. The van der Waals surface area contributed by atoms with Crippen molar-refractivity contribution in [2.24, 2.45) is 5.92 Å². The number of rotatable bonds is 5. The van der Waals surface area contributed by atoms with Gasteiger partial charge in [0.15, 0.2) is 0 Å². The molecule has 1 aliphatic heterocycles. The first-order valence-electron chi connectivity index (χ1n) is 7.59. The normalized spacial score (nSPS) is 18.2. The van der Waals surface area contributed by atoms with Gasteiger partial charge in [0.1, 0.15) is 0 Å². The van der Waals surface area contributed by atoms with E-state index in [4.69, 9.17) is 23.2 Å². The monoisotopic (exact) mass is 344 g/mol. The third-order valence-corrected chi connectivity index (χ3v) is 4.57. The summed E-state index contributed by atoms with van der Waals surface area (Å²) < 4.78 is 0. The van der Waals surface area contributed by atoms with Gasteiger partial charge >= 0.3 is 0 Å². The molecular weight excluding hydrogens is 323 g/mol. The molecule has 1 amide bonds. The molecule has 0 spiro atoms. The molecule has 4 nitrogen and oxygen atoms in total. The molecule has 0 bridgehead atoms. The second-order valence-corrected chi connectivity index (χ2v) is 6.81. The Morgan fingerprint density at radius 2 is 2.09 bits per heavy atom. The highest BCUT2D eigenvalue weighted by atomic mass is 35.5. The highest BCUT2D eigenvalue weighted by Gasteiger charge is 2.19. The molecule has 1 fully saturated rings. The van der Waals surface area contributed by atoms with Crippen molar-refractivity contribution in [3.63, 3.8) is 0 Å². The largest absolute Gasteiger partial charge is 0.390 e. The Balaban J connectivity index is 1.78. The van der Waals surface area contributed by atoms with Gasteiger partial charge in [0, 0.05) is 18.1 Å². The molecule has 2 rings (SSSR count). The minimum Gasteiger partial charge on any atom is -0.390 e. The Bertz CT molecular complexity index is 517. The molecule has 22 heavy (non-hydrogen) atoms. The summed E-state index contributed by atoms with van der Waals surface area (Å²) in [7, 11) is 0. The standard InChI is InChI=1S/C16H22Cl2N2O2/c1-11-4-6-20(7-5-11)10-13(21)9-19-16(22)14-3-2-12(17)8-15(14)18/h2-3,8,11,13,21H,4-7,9-10H2,1H3,(H,19,22). The van der Waals surface area contributed by atoms with E-state index in [0.29, 0.717) is 22.2 Å².